The van der Waals surface area contributed by atoms with E-state index in [2.05, 4.69) is 25.8 Å². The van der Waals surface area contributed by atoms with Gasteiger partial charge >= 0.3 is 6.09 Å². The van der Waals surface area contributed by atoms with Gasteiger partial charge in [0, 0.05) is 13.1 Å². The Labute approximate surface area is 197 Å². The van der Waals surface area contributed by atoms with Crippen LogP contribution in [0.5, 0.6) is 5.75 Å². The van der Waals surface area contributed by atoms with Gasteiger partial charge in [0.15, 0.2) is 0 Å². The smallest absolute Gasteiger partial charge is 0.410 e. The zero-order valence-electron chi connectivity index (χ0n) is 19.6. The van der Waals surface area contributed by atoms with Crippen LogP contribution < -0.4 is 10.1 Å². The highest BCUT2D eigenvalue weighted by molar-refractivity contribution is 6.06. The van der Waals surface area contributed by atoms with E-state index in [0.29, 0.717) is 54.8 Å². The van der Waals surface area contributed by atoms with Crippen LogP contribution in [0.25, 0.3) is 11.5 Å². The maximum atomic E-state index is 13.2. The molecule has 3 aromatic rings. The van der Waals surface area contributed by atoms with Gasteiger partial charge in [-0.3, -0.25) is 4.79 Å². The van der Waals surface area contributed by atoms with E-state index < -0.39 is 0 Å². The van der Waals surface area contributed by atoms with Crippen molar-refractivity contribution in [1.29, 1.82) is 0 Å². The molecule has 11 heteroatoms. The van der Waals surface area contributed by atoms with Gasteiger partial charge in [-0.2, -0.15) is 0 Å². The molecular weight excluding hydrogens is 438 g/mol. The number of carbonyl (C=O) groups excluding carboxylic acids is 2. The summed E-state index contributed by atoms with van der Waals surface area (Å²) in [5.41, 5.74) is 2.81. The third-order valence-corrected chi connectivity index (χ3v) is 5.51. The first-order valence-electron chi connectivity index (χ1n) is 11.1. The van der Waals surface area contributed by atoms with Gasteiger partial charge in [0.05, 0.1) is 25.3 Å². The van der Waals surface area contributed by atoms with E-state index in [1.54, 1.807) is 40.8 Å². The molecule has 0 fully saturated rings. The number of amides is 2. The van der Waals surface area contributed by atoms with Crippen LogP contribution in [0.3, 0.4) is 0 Å². The minimum atomic E-state index is -0.374. The standard InChI is InChI=1S/C23H27N7O4/c1-5-34-23(32)29-10-9-15-12-19(33-4)17(11-16(15)13-29)22(31)25-20-8-6-7-18(24-20)21-26-27-28-30(21)14(2)3/h6-8,11-12,14H,5,9-10,13H2,1-4H3,(H,24,25,31). The van der Waals surface area contributed by atoms with E-state index in [1.807, 2.05) is 19.9 Å². The van der Waals surface area contributed by atoms with Gasteiger partial charge < -0.3 is 19.7 Å². The van der Waals surface area contributed by atoms with Crippen LogP contribution in [-0.4, -0.2) is 62.4 Å². The Kier molecular flexibility index (Phi) is 6.71. The molecule has 0 unspecified atom stereocenters. The molecule has 1 aliphatic heterocycles. The van der Waals surface area contributed by atoms with Crippen molar-refractivity contribution in [2.75, 3.05) is 25.6 Å². The highest BCUT2D eigenvalue weighted by Crippen LogP contribution is 2.29. The molecule has 0 radical (unpaired) electrons. The predicted octanol–water partition coefficient (Wildman–Crippen LogP) is 3.09. The molecule has 4 rings (SSSR count). The van der Waals surface area contributed by atoms with Crippen LogP contribution in [0.15, 0.2) is 30.3 Å². The Morgan fingerprint density at radius 3 is 2.76 bits per heavy atom. The lowest BCUT2D eigenvalue weighted by Gasteiger charge is -2.28. The molecule has 1 aliphatic rings. The molecule has 0 spiro atoms. The van der Waals surface area contributed by atoms with Crippen LogP contribution in [0, 0.1) is 0 Å². The van der Waals surface area contributed by atoms with Crippen molar-refractivity contribution in [3.05, 3.63) is 47.0 Å². The minimum Gasteiger partial charge on any atom is -0.496 e. The van der Waals surface area contributed by atoms with Crippen LogP contribution in [-0.2, 0) is 17.7 Å². The van der Waals surface area contributed by atoms with Gasteiger partial charge in [0.1, 0.15) is 17.3 Å². The number of rotatable bonds is 6. The molecule has 3 heterocycles. The summed E-state index contributed by atoms with van der Waals surface area (Å²) in [6.45, 7) is 6.94. The van der Waals surface area contributed by atoms with Crippen LogP contribution >= 0.6 is 0 Å². The second-order valence-corrected chi connectivity index (χ2v) is 8.09. The van der Waals surface area contributed by atoms with E-state index in [-0.39, 0.29) is 18.0 Å². The summed E-state index contributed by atoms with van der Waals surface area (Å²) in [5, 5.41) is 14.6. The van der Waals surface area contributed by atoms with Gasteiger partial charge in [-0.05, 0) is 73.0 Å². The lowest BCUT2D eigenvalue weighted by Crippen LogP contribution is -2.36. The summed E-state index contributed by atoms with van der Waals surface area (Å²) in [5.74, 6) is 0.951. The quantitative estimate of drug-likeness (QED) is 0.589. The summed E-state index contributed by atoms with van der Waals surface area (Å²) >= 11 is 0. The Balaban J connectivity index is 1.58. The first-order valence-corrected chi connectivity index (χ1v) is 11.1. The second-order valence-electron chi connectivity index (χ2n) is 8.09. The summed E-state index contributed by atoms with van der Waals surface area (Å²) in [6.07, 6.45) is 0.292. The first-order chi connectivity index (χ1) is 16.4. The first kappa shape index (κ1) is 23.1. The summed E-state index contributed by atoms with van der Waals surface area (Å²) in [6, 6.07) is 8.92. The molecule has 0 bridgehead atoms. The monoisotopic (exact) mass is 465 g/mol. The molecule has 178 valence electrons. The van der Waals surface area contributed by atoms with Crippen molar-refractivity contribution in [3.8, 4) is 17.3 Å². The Morgan fingerprint density at radius 2 is 2.03 bits per heavy atom. The molecule has 0 saturated carbocycles. The predicted molar refractivity (Wildman–Crippen MR) is 124 cm³/mol. The molecular formula is C23H27N7O4. The van der Waals surface area contributed by atoms with Crippen LogP contribution in [0.4, 0.5) is 10.6 Å². The largest absolute Gasteiger partial charge is 0.496 e. The molecule has 1 aromatic carbocycles. The molecule has 11 nitrogen and oxygen atoms in total. The summed E-state index contributed by atoms with van der Waals surface area (Å²) < 4.78 is 12.3. The molecule has 2 aromatic heterocycles. The molecule has 1 N–H and O–H groups in total. The molecule has 34 heavy (non-hydrogen) atoms. The third kappa shape index (κ3) is 4.68. The van der Waals surface area contributed by atoms with Crippen LogP contribution in [0.2, 0.25) is 0 Å². The fourth-order valence-electron chi connectivity index (χ4n) is 3.83. The average Bonchev–Trinajstić information content (AvgIpc) is 3.33. The molecule has 0 atom stereocenters. The van der Waals surface area contributed by atoms with Crippen LogP contribution in [0.1, 0.15) is 48.3 Å². The number of anilines is 1. The van der Waals surface area contributed by atoms with Crippen molar-refractivity contribution in [1.82, 2.24) is 30.1 Å². The highest BCUT2D eigenvalue weighted by atomic mass is 16.6. The van der Waals surface area contributed by atoms with E-state index in [9.17, 15) is 9.59 Å². The van der Waals surface area contributed by atoms with Gasteiger partial charge in [0.25, 0.3) is 5.91 Å². The van der Waals surface area contributed by atoms with Crippen molar-refractivity contribution in [2.24, 2.45) is 0 Å². The number of nitrogens with zero attached hydrogens (tertiary/aromatic N) is 6. The lowest BCUT2D eigenvalue weighted by molar-refractivity contribution is 0.102. The second kappa shape index (κ2) is 9.86. The van der Waals surface area contributed by atoms with E-state index in [4.69, 9.17) is 9.47 Å². The van der Waals surface area contributed by atoms with Crippen molar-refractivity contribution in [3.63, 3.8) is 0 Å². The number of nitrogens with one attached hydrogen (secondary N) is 1. The van der Waals surface area contributed by atoms with Crippen molar-refractivity contribution >= 4 is 17.8 Å². The van der Waals surface area contributed by atoms with E-state index >= 15 is 0 Å². The van der Waals surface area contributed by atoms with E-state index in [0.717, 1.165) is 11.1 Å². The number of hydrogen-bond acceptors (Lipinski definition) is 8. The number of ether oxygens (including phenoxy) is 2. The normalized spacial score (nSPS) is 12.9. The van der Waals surface area contributed by atoms with Gasteiger partial charge in [0.2, 0.25) is 5.82 Å². The Hall–Kier alpha value is -4.02. The minimum absolute atomic E-state index is 0.0546. The average molecular weight is 466 g/mol. The molecule has 0 aliphatic carbocycles. The fourth-order valence-corrected chi connectivity index (χ4v) is 3.83. The summed E-state index contributed by atoms with van der Waals surface area (Å²) in [4.78, 5) is 31.5. The number of methoxy groups -OCH3 is 1. The number of pyridine rings is 1. The fraction of sp³-hybridized carbons (Fsp3) is 0.391. The SMILES string of the molecule is CCOC(=O)N1CCc2cc(OC)c(C(=O)Nc3cccc(-c4nnnn4C(C)C)n3)cc2C1. The van der Waals surface area contributed by atoms with Crippen molar-refractivity contribution in [2.45, 2.75) is 39.8 Å². The zero-order valence-corrected chi connectivity index (χ0v) is 19.6. The lowest BCUT2D eigenvalue weighted by atomic mass is 9.96. The van der Waals surface area contributed by atoms with Gasteiger partial charge in [-0.15, -0.1) is 5.10 Å². The molecule has 0 saturated heterocycles. The third-order valence-electron chi connectivity index (χ3n) is 5.51. The number of aromatic nitrogens is 5. The number of hydrogen-bond donors (Lipinski definition) is 1. The Morgan fingerprint density at radius 1 is 1.21 bits per heavy atom. The summed E-state index contributed by atoms with van der Waals surface area (Å²) in [7, 11) is 1.52. The van der Waals surface area contributed by atoms with Gasteiger partial charge in [-0.25, -0.2) is 14.5 Å². The number of tetrazole rings is 1. The zero-order chi connectivity index (χ0) is 24.2. The number of carbonyl (C=O) groups is 2. The topological polar surface area (TPSA) is 124 Å². The van der Waals surface area contributed by atoms with E-state index in [1.165, 1.54) is 7.11 Å². The van der Waals surface area contributed by atoms with Gasteiger partial charge in [-0.1, -0.05) is 6.07 Å². The Bertz CT molecular complexity index is 1210. The highest BCUT2D eigenvalue weighted by Gasteiger charge is 2.25. The number of fused-ring (bicyclic) bond motifs is 1. The number of benzene rings is 1. The maximum absolute atomic E-state index is 13.2. The maximum Gasteiger partial charge on any atom is 0.410 e. The van der Waals surface area contributed by atoms with Crippen molar-refractivity contribution < 1.29 is 19.1 Å². The molecule has 2 amide bonds.